The van der Waals surface area contributed by atoms with Gasteiger partial charge in [0.1, 0.15) is 6.04 Å². The summed E-state index contributed by atoms with van der Waals surface area (Å²) in [6.07, 6.45) is 2.47. The number of rotatable bonds is 8. The van der Waals surface area contributed by atoms with E-state index in [1.54, 1.807) is 12.1 Å². The Hall–Kier alpha value is -2.12. The Balaban J connectivity index is 2.14. The Bertz CT molecular complexity index is 743. The van der Waals surface area contributed by atoms with Crippen molar-refractivity contribution in [2.75, 3.05) is 5.75 Å². The molecule has 1 amide bonds. The fourth-order valence-electron chi connectivity index (χ4n) is 2.05. The van der Waals surface area contributed by atoms with Gasteiger partial charge in [0.25, 0.3) is 5.91 Å². The molecular weight excluding hydrogens is 362 g/mol. The Labute approximate surface area is 155 Å². The second-order valence-electron chi connectivity index (χ2n) is 5.25. The van der Waals surface area contributed by atoms with E-state index in [9.17, 15) is 14.7 Å². The number of nitrogens with one attached hydrogen (secondary N) is 1. The van der Waals surface area contributed by atoms with Crippen molar-refractivity contribution in [2.45, 2.75) is 31.0 Å². The molecule has 0 fully saturated rings. The molecule has 132 valence electrons. The lowest BCUT2D eigenvalue weighted by Crippen LogP contribution is -2.42. The Morgan fingerprint density at radius 2 is 2.04 bits per heavy atom. The first-order valence-electron chi connectivity index (χ1n) is 7.74. The number of nitrogens with zero attached hydrogens (tertiary/aromatic N) is 2. The predicted molar refractivity (Wildman–Crippen MR) is 97.1 cm³/mol. The number of halogens is 1. The molecule has 0 aliphatic rings. The number of aliphatic carboxylic acids is 1. The van der Waals surface area contributed by atoms with Crippen LogP contribution in [0.1, 0.15) is 29.4 Å². The maximum Gasteiger partial charge on any atom is 0.326 e. The SMILES string of the molecule is CCCSc1ncc(Cl)c(C(=O)N[C@@H](Cc2ccccc2)C(=O)O)n1. The standard InChI is InChI=1S/C17H18ClN3O3S/c1-2-8-25-17-19-10-12(18)14(21-17)15(22)20-13(16(23)24)9-11-6-4-3-5-7-11/h3-7,10,13H,2,8-9H2,1H3,(H,20,22)(H,23,24)/t13-/m0/s1. The fraction of sp³-hybridized carbons (Fsp3) is 0.294. The summed E-state index contributed by atoms with van der Waals surface area (Å²) in [6.45, 7) is 2.03. The van der Waals surface area contributed by atoms with E-state index in [1.165, 1.54) is 18.0 Å². The largest absolute Gasteiger partial charge is 0.480 e. The molecule has 8 heteroatoms. The van der Waals surface area contributed by atoms with Gasteiger partial charge in [0.05, 0.1) is 11.2 Å². The molecule has 2 aromatic rings. The van der Waals surface area contributed by atoms with Crippen LogP contribution in [0.5, 0.6) is 0 Å². The Kier molecular flexibility index (Phi) is 7.21. The third-order valence-electron chi connectivity index (χ3n) is 3.26. The van der Waals surface area contributed by atoms with Crippen LogP contribution in [0.25, 0.3) is 0 Å². The molecule has 2 rings (SSSR count). The lowest BCUT2D eigenvalue weighted by atomic mass is 10.1. The monoisotopic (exact) mass is 379 g/mol. The lowest BCUT2D eigenvalue weighted by Gasteiger charge is -2.15. The van der Waals surface area contributed by atoms with Crippen LogP contribution >= 0.6 is 23.4 Å². The van der Waals surface area contributed by atoms with Crippen LogP contribution in [0.15, 0.2) is 41.7 Å². The molecule has 1 aromatic heterocycles. The third kappa shape index (κ3) is 5.72. The van der Waals surface area contributed by atoms with Crippen molar-refractivity contribution < 1.29 is 14.7 Å². The number of carboxylic acids is 1. The number of carboxylic acid groups (broad SMARTS) is 1. The Morgan fingerprint density at radius 3 is 2.68 bits per heavy atom. The quantitative estimate of drug-likeness (QED) is 0.541. The first kappa shape index (κ1) is 19.2. The summed E-state index contributed by atoms with van der Waals surface area (Å²) in [4.78, 5) is 32.1. The zero-order chi connectivity index (χ0) is 18.2. The van der Waals surface area contributed by atoms with Crippen LogP contribution in [-0.4, -0.2) is 38.7 Å². The van der Waals surface area contributed by atoms with Gasteiger partial charge in [-0.3, -0.25) is 4.79 Å². The smallest absolute Gasteiger partial charge is 0.326 e. The van der Waals surface area contributed by atoms with Crippen molar-refractivity contribution in [1.82, 2.24) is 15.3 Å². The number of hydrogen-bond donors (Lipinski definition) is 2. The van der Waals surface area contributed by atoms with Crippen LogP contribution in [0, 0.1) is 0 Å². The fourth-order valence-corrected chi connectivity index (χ4v) is 2.90. The number of thioether (sulfide) groups is 1. The van der Waals surface area contributed by atoms with E-state index in [0.29, 0.717) is 5.16 Å². The molecule has 1 aromatic carbocycles. The van der Waals surface area contributed by atoms with Crippen molar-refractivity contribution in [3.8, 4) is 0 Å². The van der Waals surface area contributed by atoms with Crippen LogP contribution < -0.4 is 5.32 Å². The number of amides is 1. The minimum atomic E-state index is -1.12. The van der Waals surface area contributed by atoms with E-state index in [0.717, 1.165) is 17.7 Å². The molecule has 1 heterocycles. The molecule has 2 N–H and O–H groups in total. The summed E-state index contributed by atoms with van der Waals surface area (Å²) in [5.41, 5.74) is 0.790. The molecule has 0 unspecified atom stereocenters. The maximum atomic E-state index is 12.4. The van der Waals surface area contributed by atoms with E-state index < -0.39 is 17.9 Å². The van der Waals surface area contributed by atoms with Gasteiger partial charge in [-0.05, 0) is 12.0 Å². The van der Waals surface area contributed by atoms with Crippen molar-refractivity contribution in [1.29, 1.82) is 0 Å². The summed E-state index contributed by atoms with van der Waals surface area (Å²) in [5, 5.41) is 12.4. The summed E-state index contributed by atoms with van der Waals surface area (Å²) < 4.78 is 0. The first-order chi connectivity index (χ1) is 12.0. The highest BCUT2D eigenvalue weighted by Gasteiger charge is 2.23. The highest BCUT2D eigenvalue weighted by Crippen LogP contribution is 2.19. The highest BCUT2D eigenvalue weighted by molar-refractivity contribution is 7.99. The maximum absolute atomic E-state index is 12.4. The lowest BCUT2D eigenvalue weighted by molar-refractivity contribution is -0.139. The number of carbonyl (C=O) groups excluding carboxylic acids is 1. The van der Waals surface area contributed by atoms with Crippen molar-refractivity contribution in [2.24, 2.45) is 0 Å². The van der Waals surface area contributed by atoms with Gasteiger partial charge in [0, 0.05) is 12.2 Å². The summed E-state index contributed by atoms with van der Waals surface area (Å²) in [5.74, 6) is -0.939. The number of benzene rings is 1. The summed E-state index contributed by atoms with van der Waals surface area (Å²) in [6, 6.07) is 8.00. The van der Waals surface area contributed by atoms with Crippen molar-refractivity contribution in [3.63, 3.8) is 0 Å². The number of aromatic nitrogens is 2. The van der Waals surface area contributed by atoms with E-state index in [2.05, 4.69) is 15.3 Å². The number of hydrogen-bond acceptors (Lipinski definition) is 5. The molecule has 0 radical (unpaired) electrons. The summed E-state index contributed by atoms with van der Waals surface area (Å²) >= 11 is 7.42. The first-order valence-corrected chi connectivity index (χ1v) is 9.10. The van der Waals surface area contributed by atoms with Crippen molar-refractivity contribution >= 4 is 35.2 Å². The van der Waals surface area contributed by atoms with Gasteiger partial charge < -0.3 is 10.4 Å². The van der Waals surface area contributed by atoms with Crippen LogP contribution in [0.4, 0.5) is 0 Å². The molecule has 0 spiro atoms. The summed E-state index contributed by atoms with van der Waals surface area (Å²) in [7, 11) is 0. The van der Waals surface area contributed by atoms with Crippen LogP contribution in [0.3, 0.4) is 0 Å². The molecule has 25 heavy (non-hydrogen) atoms. The molecule has 6 nitrogen and oxygen atoms in total. The molecule has 1 atom stereocenters. The zero-order valence-corrected chi connectivity index (χ0v) is 15.2. The molecule has 0 aliphatic heterocycles. The van der Waals surface area contributed by atoms with Gasteiger partial charge >= 0.3 is 5.97 Å². The van der Waals surface area contributed by atoms with Gasteiger partial charge in [-0.2, -0.15) is 0 Å². The second kappa shape index (κ2) is 9.39. The van der Waals surface area contributed by atoms with Crippen LogP contribution in [-0.2, 0) is 11.2 Å². The van der Waals surface area contributed by atoms with Gasteiger partial charge in [-0.15, -0.1) is 0 Å². The minimum Gasteiger partial charge on any atom is -0.480 e. The third-order valence-corrected chi connectivity index (χ3v) is 4.60. The molecule has 0 aliphatic carbocycles. The molecule has 0 bridgehead atoms. The van der Waals surface area contributed by atoms with Gasteiger partial charge in [0.2, 0.25) is 0 Å². The van der Waals surface area contributed by atoms with E-state index in [-0.39, 0.29) is 17.1 Å². The van der Waals surface area contributed by atoms with Gasteiger partial charge in [0.15, 0.2) is 10.9 Å². The second-order valence-corrected chi connectivity index (χ2v) is 6.72. The van der Waals surface area contributed by atoms with E-state index >= 15 is 0 Å². The zero-order valence-electron chi connectivity index (χ0n) is 13.6. The normalized spacial score (nSPS) is 11.8. The van der Waals surface area contributed by atoms with Crippen molar-refractivity contribution in [3.05, 3.63) is 52.8 Å². The molecular formula is C17H18ClN3O3S. The minimum absolute atomic E-state index is 0.0189. The molecule has 0 saturated heterocycles. The predicted octanol–water partition coefficient (Wildman–Crippen LogP) is 3.06. The topological polar surface area (TPSA) is 92.2 Å². The average molecular weight is 380 g/mol. The van der Waals surface area contributed by atoms with Crippen LogP contribution in [0.2, 0.25) is 5.02 Å². The number of carbonyl (C=O) groups is 2. The average Bonchev–Trinajstić information content (AvgIpc) is 2.61. The Morgan fingerprint density at radius 1 is 1.32 bits per heavy atom. The van der Waals surface area contributed by atoms with Gasteiger partial charge in [-0.25, -0.2) is 14.8 Å². The molecule has 0 saturated carbocycles. The van der Waals surface area contributed by atoms with Gasteiger partial charge in [-0.1, -0.05) is 60.6 Å². The highest BCUT2D eigenvalue weighted by atomic mass is 35.5. The van der Waals surface area contributed by atoms with E-state index in [1.807, 2.05) is 25.1 Å². The van der Waals surface area contributed by atoms with E-state index in [4.69, 9.17) is 11.6 Å².